The van der Waals surface area contributed by atoms with Crippen LogP contribution in [0.15, 0.2) is 134 Å². The standard InChI is InChI=1S/C33H22N2S/c1-3-9-23(10-4-1)24-15-18-27(19-16-24)35(26-12-5-2-6-13-26)28-21-31-32(34-22-28)30-20-17-25-11-7-8-14-29(25)33(30)36-31/h1-22H. The largest absolute Gasteiger partial charge is 0.309 e. The fourth-order valence-corrected chi connectivity index (χ4v) is 6.17. The van der Waals surface area contributed by atoms with Crippen LogP contribution in [0.2, 0.25) is 0 Å². The van der Waals surface area contributed by atoms with Crippen molar-refractivity contribution in [2.24, 2.45) is 0 Å². The second-order valence-electron chi connectivity index (χ2n) is 8.89. The summed E-state index contributed by atoms with van der Waals surface area (Å²) in [5, 5.41) is 3.77. The van der Waals surface area contributed by atoms with Crippen molar-refractivity contribution in [2.45, 2.75) is 0 Å². The van der Waals surface area contributed by atoms with Crippen LogP contribution in [0.25, 0.3) is 42.2 Å². The molecule has 0 spiro atoms. The Morgan fingerprint density at radius 2 is 1.19 bits per heavy atom. The predicted molar refractivity (Wildman–Crippen MR) is 155 cm³/mol. The van der Waals surface area contributed by atoms with Crippen molar-refractivity contribution < 1.29 is 0 Å². The van der Waals surface area contributed by atoms with E-state index < -0.39 is 0 Å². The van der Waals surface area contributed by atoms with Gasteiger partial charge in [-0.05, 0) is 52.2 Å². The molecule has 0 fully saturated rings. The minimum atomic E-state index is 1.05. The topological polar surface area (TPSA) is 16.1 Å². The van der Waals surface area contributed by atoms with Crippen molar-refractivity contribution in [3.63, 3.8) is 0 Å². The van der Waals surface area contributed by atoms with Gasteiger partial charge in [0.2, 0.25) is 0 Å². The van der Waals surface area contributed by atoms with Gasteiger partial charge in [0.25, 0.3) is 0 Å². The van der Waals surface area contributed by atoms with Gasteiger partial charge in [0.05, 0.1) is 22.1 Å². The van der Waals surface area contributed by atoms with Gasteiger partial charge < -0.3 is 4.90 Å². The summed E-state index contributed by atoms with van der Waals surface area (Å²) >= 11 is 1.82. The summed E-state index contributed by atoms with van der Waals surface area (Å²) in [5.74, 6) is 0. The van der Waals surface area contributed by atoms with Crippen LogP contribution in [-0.2, 0) is 0 Å². The highest BCUT2D eigenvalue weighted by Crippen LogP contribution is 2.41. The van der Waals surface area contributed by atoms with E-state index in [-0.39, 0.29) is 0 Å². The molecule has 2 heterocycles. The summed E-state index contributed by atoms with van der Waals surface area (Å²) in [5.41, 5.74) is 6.76. The normalized spacial score (nSPS) is 11.3. The number of anilines is 3. The zero-order valence-corrected chi connectivity index (χ0v) is 20.3. The average Bonchev–Trinajstić information content (AvgIpc) is 3.33. The van der Waals surface area contributed by atoms with Gasteiger partial charge >= 0.3 is 0 Å². The lowest BCUT2D eigenvalue weighted by molar-refractivity contribution is 1.26. The maximum absolute atomic E-state index is 4.98. The maximum Gasteiger partial charge on any atom is 0.0890 e. The van der Waals surface area contributed by atoms with Crippen LogP contribution in [0, 0.1) is 0 Å². The fourth-order valence-electron chi connectivity index (χ4n) is 4.94. The molecule has 5 aromatic carbocycles. The smallest absolute Gasteiger partial charge is 0.0890 e. The quantitative estimate of drug-likeness (QED) is 0.250. The van der Waals surface area contributed by atoms with Crippen LogP contribution in [0.3, 0.4) is 0 Å². The summed E-state index contributed by atoms with van der Waals surface area (Å²) in [7, 11) is 0. The van der Waals surface area contributed by atoms with Gasteiger partial charge in [0.1, 0.15) is 0 Å². The zero-order valence-electron chi connectivity index (χ0n) is 19.5. The Morgan fingerprint density at radius 3 is 2.00 bits per heavy atom. The second-order valence-corrected chi connectivity index (χ2v) is 9.94. The molecule has 0 radical (unpaired) electrons. The van der Waals surface area contributed by atoms with Crippen molar-refractivity contribution in [3.8, 4) is 11.1 Å². The zero-order chi connectivity index (χ0) is 23.9. The van der Waals surface area contributed by atoms with Gasteiger partial charge in [-0.25, -0.2) is 0 Å². The first-order valence-electron chi connectivity index (χ1n) is 12.1. The van der Waals surface area contributed by atoms with E-state index in [0.29, 0.717) is 0 Å². The molecule has 0 atom stereocenters. The van der Waals surface area contributed by atoms with Crippen LogP contribution in [0.5, 0.6) is 0 Å². The van der Waals surface area contributed by atoms with Crippen LogP contribution in [-0.4, -0.2) is 4.98 Å². The minimum absolute atomic E-state index is 1.05. The number of para-hydroxylation sites is 1. The maximum atomic E-state index is 4.98. The number of rotatable bonds is 4. The first-order valence-corrected chi connectivity index (χ1v) is 12.9. The lowest BCUT2D eigenvalue weighted by Gasteiger charge is -2.25. The molecular weight excluding hydrogens is 456 g/mol. The van der Waals surface area contributed by atoms with Crippen LogP contribution in [0.4, 0.5) is 17.1 Å². The van der Waals surface area contributed by atoms with Crippen molar-refractivity contribution >= 4 is 59.5 Å². The Labute approximate surface area is 213 Å². The van der Waals surface area contributed by atoms with Gasteiger partial charge in [0.15, 0.2) is 0 Å². The Kier molecular flexibility index (Phi) is 5.00. The molecular formula is C33H22N2S. The third kappa shape index (κ3) is 3.53. The van der Waals surface area contributed by atoms with Crippen LogP contribution in [0.1, 0.15) is 0 Å². The van der Waals surface area contributed by atoms with E-state index in [1.807, 2.05) is 17.5 Å². The van der Waals surface area contributed by atoms with E-state index in [9.17, 15) is 0 Å². The van der Waals surface area contributed by atoms with E-state index in [1.165, 1.54) is 36.7 Å². The number of benzene rings is 5. The molecule has 0 N–H and O–H groups in total. The average molecular weight is 479 g/mol. The lowest BCUT2D eigenvalue weighted by atomic mass is 10.0. The SMILES string of the molecule is c1ccc(-c2ccc(N(c3ccccc3)c3cnc4c(c3)sc3c5ccccc5ccc43)cc2)cc1. The molecule has 170 valence electrons. The lowest BCUT2D eigenvalue weighted by Crippen LogP contribution is -2.10. The molecule has 0 amide bonds. The third-order valence-corrected chi connectivity index (χ3v) is 7.87. The molecule has 2 nitrogen and oxygen atoms in total. The first kappa shape index (κ1) is 20.9. The van der Waals surface area contributed by atoms with E-state index in [4.69, 9.17) is 4.98 Å². The molecule has 36 heavy (non-hydrogen) atoms. The highest BCUT2D eigenvalue weighted by atomic mass is 32.1. The van der Waals surface area contributed by atoms with Gasteiger partial charge in [-0.15, -0.1) is 11.3 Å². The minimum Gasteiger partial charge on any atom is -0.309 e. The van der Waals surface area contributed by atoms with Crippen LogP contribution < -0.4 is 4.90 Å². The van der Waals surface area contributed by atoms with Gasteiger partial charge in [-0.2, -0.15) is 0 Å². The molecule has 2 aromatic heterocycles. The molecule has 0 aliphatic rings. The molecule has 7 aromatic rings. The molecule has 0 saturated heterocycles. The van der Waals surface area contributed by atoms with E-state index >= 15 is 0 Å². The summed E-state index contributed by atoms with van der Waals surface area (Å²) in [6.45, 7) is 0. The molecule has 0 unspecified atom stereocenters. The van der Waals surface area contributed by atoms with Crippen molar-refractivity contribution in [2.75, 3.05) is 4.90 Å². The molecule has 0 aliphatic heterocycles. The highest BCUT2D eigenvalue weighted by molar-refractivity contribution is 7.26. The number of aromatic nitrogens is 1. The predicted octanol–water partition coefficient (Wildman–Crippen LogP) is 9.74. The first-order chi connectivity index (χ1) is 17.8. The summed E-state index contributed by atoms with van der Waals surface area (Å²) in [6.07, 6.45) is 2.00. The number of hydrogen-bond acceptors (Lipinski definition) is 3. The molecule has 7 rings (SSSR count). The fraction of sp³-hybridized carbons (Fsp3) is 0. The number of thiophene rings is 1. The Morgan fingerprint density at radius 1 is 0.528 bits per heavy atom. The second kappa shape index (κ2) is 8.63. The third-order valence-electron chi connectivity index (χ3n) is 6.69. The van der Waals surface area contributed by atoms with Crippen molar-refractivity contribution in [3.05, 3.63) is 134 Å². The Hall–Kier alpha value is -4.47. The Balaban J connectivity index is 1.38. The van der Waals surface area contributed by atoms with E-state index in [0.717, 1.165) is 22.6 Å². The van der Waals surface area contributed by atoms with Crippen molar-refractivity contribution in [1.82, 2.24) is 4.98 Å². The van der Waals surface area contributed by atoms with E-state index in [1.54, 1.807) is 0 Å². The van der Waals surface area contributed by atoms with Gasteiger partial charge in [-0.3, -0.25) is 4.98 Å². The Bertz CT molecular complexity index is 1820. The van der Waals surface area contributed by atoms with Gasteiger partial charge in [0, 0.05) is 21.5 Å². The summed E-state index contributed by atoms with van der Waals surface area (Å²) in [6, 6.07) is 45.1. The molecule has 0 bridgehead atoms. The number of nitrogens with zero attached hydrogens (tertiary/aromatic N) is 2. The molecule has 0 saturated carbocycles. The molecule has 0 aliphatic carbocycles. The number of fused-ring (bicyclic) bond motifs is 5. The van der Waals surface area contributed by atoms with Gasteiger partial charge in [-0.1, -0.05) is 97.1 Å². The number of pyridine rings is 1. The summed E-state index contributed by atoms with van der Waals surface area (Å²) < 4.78 is 2.49. The number of hydrogen-bond donors (Lipinski definition) is 0. The van der Waals surface area contributed by atoms with Crippen LogP contribution >= 0.6 is 11.3 Å². The molecule has 3 heteroatoms. The van der Waals surface area contributed by atoms with E-state index in [2.05, 4.69) is 132 Å². The van der Waals surface area contributed by atoms with Crippen molar-refractivity contribution in [1.29, 1.82) is 0 Å². The monoisotopic (exact) mass is 478 g/mol. The summed E-state index contributed by atoms with van der Waals surface area (Å²) in [4.78, 5) is 7.26. The highest BCUT2D eigenvalue weighted by Gasteiger charge is 2.16.